The van der Waals surface area contributed by atoms with Crippen molar-refractivity contribution in [2.24, 2.45) is 23.2 Å². The number of carbonyl (C=O) groups is 2. The van der Waals surface area contributed by atoms with E-state index in [4.69, 9.17) is 16.3 Å². The van der Waals surface area contributed by atoms with Crippen molar-refractivity contribution >= 4 is 34.8 Å². The topological polar surface area (TPSA) is 61.9 Å². The van der Waals surface area contributed by atoms with Crippen molar-refractivity contribution in [2.75, 3.05) is 43.5 Å². The third-order valence-electron chi connectivity index (χ3n) is 9.18. The van der Waals surface area contributed by atoms with Gasteiger partial charge in [0.1, 0.15) is 5.75 Å². The summed E-state index contributed by atoms with van der Waals surface area (Å²) in [5.74, 6) is 3.23. The van der Waals surface area contributed by atoms with Gasteiger partial charge >= 0.3 is 0 Å². The summed E-state index contributed by atoms with van der Waals surface area (Å²) in [7, 11) is 1.56. The van der Waals surface area contributed by atoms with Crippen LogP contribution in [0.1, 0.15) is 55.3 Å². The van der Waals surface area contributed by atoms with E-state index in [1.807, 2.05) is 17.0 Å². The van der Waals surface area contributed by atoms with Crippen LogP contribution in [0.5, 0.6) is 5.75 Å². The molecule has 1 heterocycles. The lowest BCUT2D eigenvalue weighted by Gasteiger charge is -2.56. The normalized spacial score (nSPS) is 28.3. The van der Waals surface area contributed by atoms with Crippen molar-refractivity contribution in [1.29, 1.82) is 0 Å². The first kappa shape index (κ1) is 24.6. The summed E-state index contributed by atoms with van der Waals surface area (Å²) in [4.78, 5) is 30.2. The Morgan fingerprint density at radius 2 is 1.57 bits per heavy atom. The second-order valence-electron chi connectivity index (χ2n) is 11.8. The Hall–Kier alpha value is -2.73. The third-order valence-corrected chi connectivity index (χ3v) is 9.41. The highest BCUT2D eigenvalue weighted by Crippen LogP contribution is 2.61. The number of nitrogens with one attached hydrogen (secondary N) is 1. The van der Waals surface area contributed by atoms with Gasteiger partial charge in [-0.3, -0.25) is 9.59 Å². The molecule has 4 bridgehead atoms. The molecule has 2 aromatic carbocycles. The molecule has 2 aromatic rings. The minimum absolute atomic E-state index is 0.0592. The number of hydrogen-bond acceptors (Lipinski definition) is 4. The molecule has 7 rings (SSSR count). The Morgan fingerprint density at radius 3 is 2.16 bits per heavy atom. The van der Waals surface area contributed by atoms with E-state index in [9.17, 15) is 9.59 Å². The van der Waals surface area contributed by atoms with Gasteiger partial charge in [0.05, 0.1) is 12.7 Å². The molecule has 196 valence electrons. The van der Waals surface area contributed by atoms with Gasteiger partial charge in [-0.25, -0.2) is 0 Å². The zero-order chi connectivity index (χ0) is 25.6. The van der Waals surface area contributed by atoms with Crippen LogP contribution in [0.25, 0.3) is 0 Å². The number of halogens is 1. The Kier molecular flexibility index (Phi) is 6.56. The van der Waals surface area contributed by atoms with Crippen LogP contribution in [0.3, 0.4) is 0 Å². The van der Waals surface area contributed by atoms with Gasteiger partial charge in [0, 0.05) is 49.0 Å². The van der Waals surface area contributed by atoms with E-state index in [1.54, 1.807) is 25.3 Å². The predicted octanol–water partition coefficient (Wildman–Crippen LogP) is 5.86. The van der Waals surface area contributed by atoms with Gasteiger partial charge in [-0.15, -0.1) is 0 Å². The van der Waals surface area contributed by atoms with Crippen molar-refractivity contribution < 1.29 is 14.3 Å². The molecule has 1 aliphatic heterocycles. The van der Waals surface area contributed by atoms with Crippen LogP contribution in [0.4, 0.5) is 11.4 Å². The first-order valence-electron chi connectivity index (χ1n) is 13.7. The van der Waals surface area contributed by atoms with E-state index in [0.717, 1.165) is 42.2 Å². The van der Waals surface area contributed by atoms with Crippen LogP contribution in [-0.2, 0) is 4.79 Å². The first-order valence-corrected chi connectivity index (χ1v) is 14.1. The zero-order valence-electron chi connectivity index (χ0n) is 21.5. The molecule has 7 heteroatoms. The first-order chi connectivity index (χ1) is 17.9. The van der Waals surface area contributed by atoms with Crippen molar-refractivity contribution in [1.82, 2.24) is 4.90 Å². The van der Waals surface area contributed by atoms with Crippen molar-refractivity contribution in [3.63, 3.8) is 0 Å². The van der Waals surface area contributed by atoms with Gasteiger partial charge in [-0.05, 0) is 104 Å². The van der Waals surface area contributed by atoms with Gasteiger partial charge in [0.25, 0.3) is 5.91 Å². The molecular formula is C30H36ClN3O3. The Morgan fingerprint density at radius 1 is 0.946 bits per heavy atom. The highest BCUT2D eigenvalue weighted by Gasteiger charge is 2.51. The molecule has 37 heavy (non-hydrogen) atoms. The molecule has 0 spiro atoms. The number of amides is 2. The fourth-order valence-corrected chi connectivity index (χ4v) is 8.17. The molecule has 5 aliphatic rings. The van der Waals surface area contributed by atoms with Crippen molar-refractivity contribution in [3.05, 3.63) is 53.1 Å². The molecule has 0 unspecified atom stereocenters. The highest BCUT2D eigenvalue weighted by atomic mass is 35.5. The van der Waals surface area contributed by atoms with Gasteiger partial charge in [-0.2, -0.15) is 0 Å². The summed E-state index contributed by atoms with van der Waals surface area (Å²) in [6.07, 6.45) is 8.64. The standard InChI is InChI=1S/C30H36ClN3O3/c1-37-27-7-2-23(31)15-26(27)29(36)34-10-8-33(9-11-34)25-5-3-24(4-6-25)32-28(35)19-30-16-20-12-21(17-30)14-22(13-20)18-30/h2-7,15,20-22H,8-14,16-19H2,1H3,(H,32,35). The monoisotopic (exact) mass is 521 g/mol. The second-order valence-corrected chi connectivity index (χ2v) is 12.2. The molecule has 6 nitrogen and oxygen atoms in total. The zero-order valence-corrected chi connectivity index (χ0v) is 22.3. The minimum atomic E-state index is -0.0592. The maximum Gasteiger partial charge on any atom is 0.257 e. The summed E-state index contributed by atoms with van der Waals surface area (Å²) in [6.45, 7) is 2.73. The fraction of sp³-hybridized carbons (Fsp3) is 0.533. The van der Waals surface area contributed by atoms with Crippen LogP contribution in [0, 0.1) is 23.2 Å². The fourth-order valence-electron chi connectivity index (χ4n) is 7.99. The lowest BCUT2D eigenvalue weighted by Crippen LogP contribution is -2.48. The summed E-state index contributed by atoms with van der Waals surface area (Å²) in [6, 6.07) is 13.3. The van der Waals surface area contributed by atoms with Crippen LogP contribution in [0.2, 0.25) is 5.02 Å². The molecule has 0 radical (unpaired) electrons. The number of carbonyl (C=O) groups excluding carboxylic acids is 2. The molecule has 1 N–H and O–H groups in total. The number of hydrogen-bond donors (Lipinski definition) is 1. The molecule has 1 saturated heterocycles. The third kappa shape index (κ3) is 5.05. The molecule has 4 aliphatic carbocycles. The summed E-state index contributed by atoms with van der Waals surface area (Å²) < 4.78 is 5.36. The lowest BCUT2D eigenvalue weighted by atomic mass is 9.49. The maximum atomic E-state index is 13.1. The number of piperazine rings is 1. The average molecular weight is 522 g/mol. The highest BCUT2D eigenvalue weighted by molar-refractivity contribution is 6.31. The number of benzene rings is 2. The Balaban J connectivity index is 1.03. The van der Waals surface area contributed by atoms with E-state index in [-0.39, 0.29) is 17.2 Å². The average Bonchev–Trinajstić information content (AvgIpc) is 2.87. The molecule has 2 amide bonds. The van der Waals surface area contributed by atoms with Gasteiger partial charge in [0.2, 0.25) is 5.91 Å². The quantitative estimate of drug-likeness (QED) is 0.517. The summed E-state index contributed by atoms with van der Waals surface area (Å²) >= 11 is 6.12. The molecule has 0 aromatic heterocycles. The van der Waals surface area contributed by atoms with Gasteiger partial charge in [-0.1, -0.05) is 11.6 Å². The Bertz CT molecular complexity index is 1140. The summed E-state index contributed by atoms with van der Waals surface area (Å²) in [5, 5.41) is 3.69. The molecule has 4 saturated carbocycles. The van der Waals surface area contributed by atoms with E-state index < -0.39 is 0 Å². The SMILES string of the molecule is COc1ccc(Cl)cc1C(=O)N1CCN(c2ccc(NC(=O)CC34CC5CC(CC(C5)C3)C4)cc2)CC1. The van der Waals surface area contributed by atoms with Crippen molar-refractivity contribution in [2.45, 2.75) is 44.9 Å². The smallest absolute Gasteiger partial charge is 0.257 e. The van der Waals surface area contributed by atoms with Gasteiger partial charge in [0.15, 0.2) is 0 Å². The van der Waals surface area contributed by atoms with E-state index >= 15 is 0 Å². The van der Waals surface area contributed by atoms with Gasteiger partial charge < -0.3 is 19.9 Å². The van der Waals surface area contributed by atoms with Crippen LogP contribution >= 0.6 is 11.6 Å². The predicted molar refractivity (Wildman–Crippen MR) is 146 cm³/mol. The van der Waals surface area contributed by atoms with E-state index in [2.05, 4.69) is 22.3 Å². The van der Waals surface area contributed by atoms with Crippen LogP contribution in [-0.4, -0.2) is 50.0 Å². The van der Waals surface area contributed by atoms with Crippen molar-refractivity contribution in [3.8, 4) is 5.75 Å². The lowest BCUT2D eigenvalue weighted by molar-refractivity contribution is -0.124. The summed E-state index contributed by atoms with van der Waals surface area (Å²) in [5.41, 5.74) is 2.72. The maximum absolute atomic E-state index is 13.1. The number of nitrogens with zero attached hydrogens (tertiary/aromatic N) is 2. The van der Waals surface area contributed by atoms with E-state index in [0.29, 0.717) is 35.8 Å². The number of methoxy groups -OCH3 is 1. The largest absolute Gasteiger partial charge is 0.496 e. The van der Waals surface area contributed by atoms with Crippen LogP contribution < -0.4 is 15.0 Å². The molecule has 0 atom stereocenters. The minimum Gasteiger partial charge on any atom is -0.496 e. The Labute approximate surface area is 224 Å². The number of ether oxygens (including phenoxy) is 1. The number of rotatable bonds is 6. The second kappa shape index (κ2) is 9.86. The number of anilines is 2. The molecule has 5 fully saturated rings. The van der Waals surface area contributed by atoms with E-state index in [1.165, 1.54) is 38.5 Å². The van der Waals surface area contributed by atoms with Crippen LogP contribution in [0.15, 0.2) is 42.5 Å². The molecular weight excluding hydrogens is 486 g/mol.